The summed E-state index contributed by atoms with van der Waals surface area (Å²) in [6, 6.07) is 11.5. The van der Waals surface area contributed by atoms with E-state index >= 15 is 0 Å². The summed E-state index contributed by atoms with van der Waals surface area (Å²) >= 11 is 0. The Morgan fingerprint density at radius 3 is 2.50 bits per heavy atom. The molecule has 0 unspecified atom stereocenters. The molecular formula is C30H25FN4O7. The lowest BCUT2D eigenvalue weighted by Gasteiger charge is -2.31. The van der Waals surface area contributed by atoms with Crippen molar-refractivity contribution >= 4 is 46.8 Å². The van der Waals surface area contributed by atoms with E-state index in [1.54, 1.807) is 44.3 Å². The summed E-state index contributed by atoms with van der Waals surface area (Å²) in [5.41, 5.74) is 3.07. The highest BCUT2D eigenvalue weighted by Gasteiger charge is 2.45. The Labute approximate surface area is 239 Å². The number of nitrogens with zero attached hydrogens (tertiary/aromatic N) is 2. The average Bonchev–Trinajstić information content (AvgIpc) is 3.21. The van der Waals surface area contributed by atoms with Crippen molar-refractivity contribution in [2.45, 2.75) is 31.9 Å². The van der Waals surface area contributed by atoms with Crippen LogP contribution in [-0.2, 0) is 14.3 Å². The number of rotatable bonds is 5. The van der Waals surface area contributed by atoms with E-state index in [2.05, 4.69) is 10.6 Å². The van der Waals surface area contributed by atoms with Crippen LogP contribution in [0.3, 0.4) is 0 Å². The number of hydrogen-bond donors (Lipinski definition) is 2. The Hall–Kier alpha value is -5.26. The number of ether oxygens (including phenoxy) is 2. The fourth-order valence-corrected chi connectivity index (χ4v) is 5.55. The van der Waals surface area contributed by atoms with Gasteiger partial charge < -0.3 is 14.8 Å². The van der Waals surface area contributed by atoms with Crippen molar-refractivity contribution in [1.29, 1.82) is 0 Å². The molecule has 2 atom stereocenters. The molecule has 0 aliphatic carbocycles. The smallest absolute Gasteiger partial charge is 0.414 e. The van der Waals surface area contributed by atoms with Crippen molar-refractivity contribution in [3.63, 3.8) is 0 Å². The molecule has 1 saturated heterocycles. The van der Waals surface area contributed by atoms with Gasteiger partial charge in [-0.25, -0.2) is 9.18 Å². The molecule has 12 heteroatoms. The van der Waals surface area contributed by atoms with Gasteiger partial charge in [-0.2, -0.15) is 0 Å². The van der Waals surface area contributed by atoms with Crippen molar-refractivity contribution in [3.8, 4) is 16.9 Å². The predicted octanol–water partition coefficient (Wildman–Crippen LogP) is 4.29. The lowest BCUT2D eigenvalue weighted by atomic mass is 9.95. The van der Waals surface area contributed by atoms with Crippen molar-refractivity contribution in [1.82, 2.24) is 10.2 Å². The Bertz CT molecular complexity index is 1720. The minimum atomic E-state index is -1.12. The molecule has 3 aliphatic heterocycles. The van der Waals surface area contributed by atoms with Crippen LogP contribution in [-0.4, -0.2) is 54.8 Å². The Morgan fingerprint density at radius 1 is 1.00 bits per heavy atom. The Kier molecular flexibility index (Phi) is 6.40. The normalized spacial score (nSPS) is 19.8. The number of hydrogen-bond acceptors (Lipinski definition) is 8. The number of halogens is 1. The van der Waals surface area contributed by atoms with Gasteiger partial charge in [-0.05, 0) is 55.3 Å². The zero-order chi connectivity index (χ0) is 29.9. The number of cyclic esters (lactones) is 1. The zero-order valence-electron chi connectivity index (χ0n) is 22.8. The first-order chi connectivity index (χ1) is 20.1. The number of piperidine rings is 1. The van der Waals surface area contributed by atoms with Crippen molar-refractivity contribution in [3.05, 3.63) is 71.0 Å². The van der Waals surface area contributed by atoms with Crippen LogP contribution in [0.1, 0.15) is 52.1 Å². The number of anilines is 3. The second-order valence-electron chi connectivity index (χ2n) is 10.2. The molecule has 1 fully saturated rings. The van der Waals surface area contributed by atoms with Crippen molar-refractivity contribution in [2.75, 3.05) is 24.4 Å². The third-order valence-electron chi connectivity index (χ3n) is 7.72. The summed E-state index contributed by atoms with van der Waals surface area (Å²) in [5, 5.41) is 5.41. The maximum absolute atomic E-state index is 14.8. The standard InChI is InChI=1S/C30H25FN4O7/c1-14-17-12-18(15-7-9-24(41-3)19(31)11-15)21(13-23(17)34(2)30(40)42-14)32-20-6-4-5-16-26(20)29(39)35(28(16)38)22-8-10-25(36)33-27(22)37/h4-7,9,11-14,22,32H,8,10H2,1-3H3,(H,33,36,37)/t14-,22-/m0/s1. The van der Waals surface area contributed by atoms with E-state index in [4.69, 9.17) is 9.47 Å². The monoisotopic (exact) mass is 572 g/mol. The topological polar surface area (TPSA) is 134 Å². The highest BCUT2D eigenvalue weighted by Crippen LogP contribution is 2.43. The van der Waals surface area contributed by atoms with E-state index in [1.165, 1.54) is 30.2 Å². The minimum absolute atomic E-state index is 0.000199. The number of carbonyl (C=O) groups is 5. The first-order valence-corrected chi connectivity index (χ1v) is 13.2. The molecule has 3 heterocycles. The van der Waals surface area contributed by atoms with Crippen LogP contribution in [0.2, 0.25) is 0 Å². The molecule has 0 saturated carbocycles. The fraction of sp³-hybridized carbons (Fsp3) is 0.233. The molecule has 42 heavy (non-hydrogen) atoms. The zero-order valence-corrected chi connectivity index (χ0v) is 22.8. The van der Waals surface area contributed by atoms with E-state index in [-0.39, 0.29) is 35.4 Å². The molecular weight excluding hydrogens is 547 g/mol. The van der Waals surface area contributed by atoms with E-state index in [9.17, 15) is 28.4 Å². The molecule has 3 aliphatic rings. The van der Waals surface area contributed by atoms with Crippen LogP contribution >= 0.6 is 0 Å². The van der Waals surface area contributed by atoms with E-state index < -0.39 is 47.7 Å². The van der Waals surface area contributed by atoms with Gasteiger partial charge in [0.2, 0.25) is 11.8 Å². The first kappa shape index (κ1) is 26.9. The van der Waals surface area contributed by atoms with Crippen molar-refractivity contribution < 1.29 is 37.8 Å². The van der Waals surface area contributed by atoms with Gasteiger partial charge in [-0.1, -0.05) is 12.1 Å². The third kappa shape index (κ3) is 4.23. The molecule has 3 aromatic rings. The van der Waals surface area contributed by atoms with Crippen LogP contribution in [0.5, 0.6) is 5.75 Å². The van der Waals surface area contributed by atoms with E-state index in [1.807, 2.05) is 0 Å². The predicted molar refractivity (Wildman–Crippen MR) is 148 cm³/mol. The number of fused-ring (bicyclic) bond motifs is 2. The highest BCUT2D eigenvalue weighted by atomic mass is 19.1. The third-order valence-corrected chi connectivity index (χ3v) is 7.72. The number of imide groups is 2. The van der Waals surface area contributed by atoms with Crippen LogP contribution in [0.25, 0.3) is 11.1 Å². The molecule has 5 amide bonds. The molecule has 0 radical (unpaired) electrons. The molecule has 3 aromatic carbocycles. The number of methoxy groups -OCH3 is 1. The van der Waals surface area contributed by atoms with Gasteiger partial charge in [0.05, 0.1) is 29.6 Å². The fourth-order valence-electron chi connectivity index (χ4n) is 5.55. The lowest BCUT2D eigenvalue weighted by molar-refractivity contribution is -0.136. The van der Waals surface area contributed by atoms with E-state index in [0.29, 0.717) is 28.1 Å². The molecule has 6 rings (SSSR count). The van der Waals surface area contributed by atoms with Crippen LogP contribution in [0, 0.1) is 5.82 Å². The summed E-state index contributed by atoms with van der Waals surface area (Å²) in [7, 11) is 2.92. The number of carbonyl (C=O) groups excluding carboxylic acids is 5. The molecule has 0 spiro atoms. The van der Waals surface area contributed by atoms with Crippen LogP contribution in [0.4, 0.5) is 26.2 Å². The Morgan fingerprint density at radius 2 is 1.79 bits per heavy atom. The first-order valence-electron chi connectivity index (χ1n) is 13.2. The molecule has 2 N–H and O–H groups in total. The summed E-state index contributed by atoms with van der Waals surface area (Å²) in [5.74, 6) is -3.03. The highest BCUT2D eigenvalue weighted by molar-refractivity contribution is 6.25. The maximum Gasteiger partial charge on any atom is 0.414 e. The largest absolute Gasteiger partial charge is 0.494 e. The molecule has 214 valence electrons. The van der Waals surface area contributed by atoms with Gasteiger partial charge in [0, 0.05) is 30.3 Å². The second-order valence-corrected chi connectivity index (χ2v) is 10.2. The lowest BCUT2D eigenvalue weighted by Crippen LogP contribution is -2.54. The summed E-state index contributed by atoms with van der Waals surface area (Å²) in [6.45, 7) is 1.73. The van der Waals surface area contributed by atoms with Crippen molar-refractivity contribution in [2.24, 2.45) is 0 Å². The van der Waals surface area contributed by atoms with Crippen LogP contribution < -0.4 is 20.3 Å². The summed E-state index contributed by atoms with van der Waals surface area (Å²) in [4.78, 5) is 65.8. The molecule has 0 aromatic heterocycles. The summed E-state index contributed by atoms with van der Waals surface area (Å²) < 4.78 is 25.3. The SMILES string of the molecule is COc1ccc(-c2cc3c(cc2Nc2cccc4c2C(=O)N([C@H]2CCC(=O)NC2=O)C4=O)N(C)C(=O)O[C@H]3C)cc1F. The van der Waals surface area contributed by atoms with Gasteiger partial charge in [0.25, 0.3) is 11.8 Å². The molecule has 11 nitrogen and oxygen atoms in total. The number of benzene rings is 3. The van der Waals surface area contributed by atoms with Gasteiger partial charge in [0.15, 0.2) is 11.6 Å². The van der Waals surface area contributed by atoms with Gasteiger partial charge in [0.1, 0.15) is 12.1 Å². The number of nitrogens with one attached hydrogen (secondary N) is 2. The van der Waals surface area contributed by atoms with Gasteiger partial charge in [-0.3, -0.25) is 34.3 Å². The maximum atomic E-state index is 14.8. The molecule has 0 bridgehead atoms. The summed E-state index contributed by atoms with van der Waals surface area (Å²) in [6.07, 6.45) is -1.11. The van der Waals surface area contributed by atoms with Gasteiger partial charge >= 0.3 is 6.09 Å². The minimum Gasteiger partial charge on any atom is -0.494 e. The number of amides is 5. The Balaban J connectivity index is 1.46. The van der Waals surface area contributed by atoms with Gasteiger partial charge in [-0.15, -0.1) is 0 Å². The second kappa shape index (κ2) is 9.98. The van der Waals surface area contributed by atoms with Crippen LogP contribution in [0.15, 0.2) is 48.5 Å². The van der Waals surface area contributed by atoms with E-state index in [0.717, 1.165) is 4.90 Å². The average molecular weight is 573 g/mol. The quantitative estimate of drug-likeness (QED) is 0.433.